The van der Waals surface area contributed by atoms with Gasteiger partial charge in [-0.2, -0.15) is 8.42 Å². The van der Waals surface area contributed by atoms with Gasteiger partial charge in [-0.3, -0.25) is 9.45 Å². The van der Waals surface area contributed by atoms with E-state index in [1.165, 1.54) is 24.0 Å². The van der Waals surface area contributed by atoms with Gasteiger partial charge in [-0.05, 0) is 29.9 Å². The Hall–Kier alpha value is -0.990. The smallest absolute Gasteiger partial charge is 0.379 e. The molecular formula is C20H33NO5S. The average molecular weight is 400 g/mol. The van der Waals surface area contributed by atoms with Crippen molar-refractivity contribution in [1.82, 2.24) is 4.90 Å². The van der Waals surface area contributed by atoms with Crippen molar-refractivity contribution in [3.63, 3.8) is 0 Å². The lowest BCUT2D eigenvalue weighted by Crippen LogP contribution is -2.45. The van der Waals surface area contributed by atoms with Crippen molar-refractivity contribution in [3.8, 4) is 0 Å². The first-order chi connectivity index (χ1) is 12.9. The molecular weight excluding hydrogens is 366 g/mol. The predicted octanol–water partition coefficient (Wildman–Crippen LogP) is 3.47. The molecule has 2 atom stereocenters. The van der Waals surface area contributed by atoms with Gasteiger partial charge in [0.2, 0.25) is 0 Å². The Morgan fingerprint density at radius 2 is 1.89 bits per heavy atom. The summed E-state index contributed by atoms with van der Waals surface area (Å²) < 4.78 is 41.7. The molecule has 0 saturated heterocycles. The van der Waals surface area contributed by atoms with Gasteiger partial charge in [-0.25, -0.2) is 4.18 Å². The molecule has 7 heteroatoms. The van der Waals surface area contributed by atoms with Crippen molar-refractivity contribution in [2.45, 2.75) is 58.5 Å². The SMILES string of the molecule is CCCCC(CC)COCC(COS(=O)(=O)O)N1CCc2ccccc2C1. The van der Waals surface area contributed by atoms with Gasteiger partial charge in [0.1, 0.15) is 0 Å². The summed E-state index contributed by atoms with van der Waals surface area (Å²) >= 11 is 0. The molecule has 1 aliphatic rings. The van der Waals surface area contributed by atoms with Crippen LogP contribution in [0.4, 0.5) is 0 Å². The van der Waals surface area contributed by atoms with Gasteiger partial charge in [0.05, 0.1) is 19.3 Å². The van der Waals surface area contributed by atoms with Gasteiger partial charge >= 0.3 is 10.4 Å². The van der Waals surface area contributed by atoms with E-state index < -0.39 is 10.4 Å². The summed E-state index contributed by atoms with van der Waals surface area (Å²) in [5.74, 6) is 0.523. The molecule has 2 unspecified atom stereocenters. The zero-order chi connectivity index (χ0) is 19.7. The van der Waals surface area contributed by atoms with E-state index >= 15 is 0 Å². The number of benzene rings is 1. The van der Waals surface area contributed by atoms with Crippen LogP contribution in [-0.2, 0) is 32.3 Å². The number of unbranched alkanes of at least 4 members (excludes halogenated alkanes) is 1. The van der Waals surface area contributed by atoms with Crippen molar-refractivity contribution in [3.05, 3.63) is 35.4 Å². The van der Waals surface area contributed by atoms with Gasteiger partial charge in [-0.15, -0.1) is 0 Å². The monoisotopic (exact) mass is 399 g/mol. The van der Waals surface area contributed by atoms with Crippen LogP contribution in [0.2, 0.25) is 0 Å². The molecule has 1 heterocycles. The molecule has 2 rings (SSSR count). The van der Waals surface area contributed by atoms with Crippen molar-refractivity contribution >= 4 is 10.4 Å². The molecule has 0 aromatic heterocycles. The first-order valence-electron chi connectivity index (χ1n) is 9.93. The highest BCUT2D eigenvalue weighted by atomic mass is 32.3. The molecule has 6 nitrogen and oxygen atoms in total. The van der Waals surface area contributed by atoms with Crippen LogP contribution < -0.4 is 0 Å². The second-order valence-corrected chi connectivity index (χ2v) is 8.40. The number of ether oxygens (including phenoxy) is 1. The number of nitrogens with zero attached hydrogens (tertiary/aromatic N) is 1. The maximum absolute atomic E-state index is 11.0. The van der Waals surface area contributed by atoms with Crippen LogP contribution in [0.1, 0.15) is 50.7 Å². The molecule has 1 N–H and O–H groups in total. The summed E-state index contributed by atoms with van der Waals surface area (Å²) in [6.45, 7) is 6.85. The lowest BCUT2D eigenvalue weighted by Gasteiger charge is -2.35. The van der Waals surface area contributed by atoms with Crippen LogP contribution in [0.15, 0.2) is 24.3 Å². The summed E-state index contributed by atoms with van der Waals surface area (Å²) in [4.78, 5) is 2.18. The van der Waals surface area contributed by atoms with E-state index in [0.29, 0.717) is 19.1 Å². The molecule has 0 radical (unpaired) electrons. The van der Waals surface area contributed by atoms with Crippen LogP contribution in [0, 0.1) is 5.92 Å². The Morgan fingerprint density at radius 3 is 2.56 bits per heavy atom. The topological polar surface area (TPSA) is 76.1 Å². The Bertz CT molecular complexity index is 664. The fourth-order valence-electron chi connectivity index (χ4n) is 3.52. The predicted molar refractivity (Wildman–Crippen MR) is 106 cm³/mol. The van der Waals surface area contributed by atoms with E-state index in [9.17, 15) is 8.42 Å². The summed E-state index contributed by atoms with van der Waals surface area (Å²) in [7, 11) is -4.46. The number of rotatable bonds is 12. The molecule has 0 fully saturated rings. The van der Waals surface area contributed by atoms with Crippen LogP contribution in [0.25, 0.3) is 0 Å². The standard InChI is InChI=1S/C20H33NO5S/c1-3-5-8-17(4-2)14-25-15-20(16-26-27(22,23)24)21-12-11-18-9-6-7-10-19(18)13-21/h6-7,9-10,17,20H,3-5,8,11-16H2,1-2H3,(H,22,23,24). The van der Waals surface area contributed by atoms with Gasteiger partial charge in [0, 0.05) is 19.7 Å². The molecule has 1 aliphatic heterocycles. The maximum atomic E-state index is 11.0. The third-order valence-electron chi connectivity index (χ3n) is 5.29. The van der Waals surface area contributed by atoms with E-state index in [-0.39, 0.29) is 12.6 Å². The average Bonchev–Trinajstić information content (AvgIpc) is 2.65. The normalized spacial score (nSPS) is 17.4. The van der Waals surface area contributed by atoms with E-state index in [0.717, 1.165) is 32.4 Å². The third-order valence-corrected chi connectivity index (χ3v) is 5.73. The van der Waals surface area contributed by atoms with Gasteiger partial charge in [0.25, 0.3) is 0 Å². The van der Waals surface area contributed by atoms with Gasteiger partial charge in [0.15, 0.2) is 0 Å². The molecule has 0 bridgehead atoms. The zero-order valence-corrected chi connectivity index (χ0v) is 17.3. The zero-order valence-electron chi connectivity index (χ0n) is 16.5. The summed E-state index contributed by atoms with van der Waals surface area (Å²) in [5.41, 5.74) is 2.57. The summed E-state index contributed by atoms with van der Waals surface area (Å²) in [5, 5.41) is 0. The second kappa shape index (κ2) is 11.1. The minimum absolute atomic E-state index is 0.104. The van der Waals surface area contributed by atoms with Crippen LogP contribution in [0.3, 0.4) is 0 Å². The van der Waals surface area contributed by atoms with Crippen molar-refractivity contribution in [2.75, 3.05) is 26.4 Å². The first kappa shape index (κ1) is 22.3. The molecule has 0 amide bonds. The Kier molecular flexibility index (Phi) is 9.18. The minimum atomic E-state index is -4.46. The molecule has 0 saturated carbocycles. The maximum Gasteiger partial charge on any atom is 0.397 e. The van der Waals surface area contributed by atoms with E-state index in [2.05, 4.69) is 35.1 Å². The van der Waals surface area contributed by atoms with Crippen molar-refractivity contribution in [2.24, 2.45) is 5.92 Å². The second-order valence-electron chi connectivity index (χ2n) is 7.31. The van der Waals surface area contributed by atoms with Crippen LogP contribution in [0.5, 0.6) is 0 Å². The largest absolute Gasteiger partial charge is 0.397 e. The number of fused-ring (bicyclic) bond motifs is 1. The van der Waals surface area contributed by atoms with Crippen molar-refractivity contribution < 1.29 is 21.9 Å². The summed E-state index contributed by atoms with van der Waals surface area (Å²) in [6.07, 6.45) is 5.50. The minimum Gasteiger partial charge on any atom is -0.379 e. The first-order valence-corrected chi connectivity index (χ1v) is 11.3. The number of hydrogen-bond donors (Lipinski definition) is 1. The molecule has 0 spiro atoms. The highest BCUT2D eigenvalue weighted by molar-refractivity contribution is 7.80. The lowest BCUT2D eigenvalue weighted by molar-refractivity contribution is 0.0147. The highest BCUT2D eigenvalue weighted by Crippen LogP contribution is 2.21. The van der Waals surface area contributed by atoms with Crippen LogP contribution >= 0.6 is 0 Å². The quantitative estimate of drug-likeness (QED) is 0.543. The molecule has 1 aromatic rings. The molecule has 0 aliphatic carbocycles. The van der Waals surface area contributed by atoms with Crippen LogP contribution in [-0.4, -0.2) is 50.3 Å². The molecule has 27 heavy (non-hydrogen) atoms. The fraction of sp³-hybridized carbons (Fsp3) is 0.700. The Balaban J connectivity index is 1.95. The lowest BCUT2D eigenvalue weighted by atomic mass is 9.98. The Morgan fingerprint density at radius 1 is 1.15 bits per heavy atom. The molecule has 154 valence electrons. The molecule has 1 aromatic carbocycles. The van der Waals surface area contributed by atoms with E-state index in [1.54, 1.807) is 0 Å². The van der Waals surface area contributed by atoms with E-state index in [1.807, 2.05) is 12.1 Å². The van der Waals surface area contributed by atoms with Gasteiger partial charge in [-0.1, -0.05) is 57.4 Å². The fourth-order valence-corrected chi connectivity index (χ4v) is 3.85. The number of hydrogen-bond acceptors (Lipinski definition) is 5. The van der Waals surface area contributed by atoms with Crippen molar-refractivity contribution in [1.29, 1.82) is 0 Å². The third kappa shape index (κ3) is 7.87. The van der Waals surface area contributed by atoms with E-state index in [4.69, 9.17) is 9.29 Å². The summed E-state index contributed by atoms with van der Waals surface area (Å²) in [6, 6.07) is 8.07. The Labute approximate surface area is 163 Å². The highest BCUT2D eigenvalue weighted by Gasteiger charge is 2.25. The van der Waals surface area contributed by atoms with Gasteiger partial charge < -0.3 is 4.74 Å².